The third-order valence-electron chi connectivity index (χ3n) is 3.33. The number of carbonyl (C=O) groups excluding carboxylic acids is 1. The molecule has 0 saturated heterocycles. The Labute approximate surface area is 102 Å². The van der Waals surface area contributed by atoms with Gasteiger partial charge in [0.1, 0.15) is 11.5 Å². The van der Waals surface area contributed by atoms with Gasteiger partial charge >= 0.3 is 0 Å². The third-order valence-corrected chi connectivity index (χ3v) is 3.33. The minimum atomic E-state index is 0.300. The number of rotatable bonds is 5. The van der Waals surface area contributed by atoms with E-state index < -0.39 is 0 Å². The lowest BCUT2D eigenvalue weighted by Crippen LogP contribution is -2.08. The highest BCUT2D eigenvalue weighted by atomic mass is 16.5. The van der Waals surface area contributed by atoms with E-state index in [1.165, 1.54) is 12.8 Å². The molecule has 0 radical (unpaired) electrons. The van der Waals surface area contributed by atoms with Crippen LogP contribution >= 0.6 is 0 Å². The summed E-state index contributed by atoms with van der Waals surface area (Å²) < 4.78 is 5.34. The minimum Gasteiger partial charge on any atom is -0.496 e. The van der Waals surface area contributed by atoms with Crippen molar-refractivity contribution in [3.63, 3.8) is 0 Å². The first kappa shape index (κ1) is 12.1. The van der Waals surface area contributed by atoms with Crippen LogP contribution in [-0.2, 0) is 11.2 Å². The molecule has 92 valence electrons. The number of methoxy groups -OCH3 is 1. The number of aromatic nitrogens is 1. The largest absolute Gasteiger partial charge is 0.496 e. The fourth-order valence-electron chi connectivity index (χ4n) is 2.15. The third kappa shape index (κ3) is 2.84. The molecule has 3 heteroatoms. The first-order valence-corrected chi connectivity index (χ1v) is 6.12. The average molecular weight is 233 g/mol. The van der Waals surface area contributed by atoms with Crippen LogP contribution in [0.3, 0.4) is 0 Å². The number of nitrogens with zero attached hydrogens (tertiary/aromatic N) is 1. The summed E-state index contributed by atoms with van der Waals surface area (Å²) in [6, 6.07) is 0. The zero-order valence-corrected chi connectivity index (χ0v) is 10.7. The number of pyridine rings is 1. The van der Waals surface area contributed by atoms with Crippen LogP contribution in [0.4, 0.5) is 0 Å². The van der Waals surface area contributed by atoms with Crippen LogP contribution in [0.5, 0.6) is 5.75 Å². The summed E-state index contributed by atoms with van der Waals surface area (Å²) in [4.78, 5) is 16.2. The molecule has 0 spiro atoms. The van der Waals surface area contributed by atoms with Crippen LogP contribution in [0.25, 0.3) is 0 Å². The van der Waals surface area contributed by atoms with Gasteiger partial charge in [-0.2, -0.15) is 0 Å². The van der Waals surface area contributed by atoms with Crippen molar-refractivity contribution in [1.29, 1.82) is 0 Å². The van der Waals surface area contributed by atoms with Crippen LogP contribution in [-0.4, -0.2) is 17.9 Å². The first-order chi connectivity index (χ1) is 8.11. The van der Waals surface area contributed by atoms with Crippen molar-refractivity contribution >= 4 is 5.78 Å². The predicted molar refractivity (Wildman–Crippen MR) is 66.3 cm³/mol. The molecule has 0 aliphatic heterocycles. The Kier molecular flexibility index (Phi) is 3.46. The van der Waals surface area contributed by atoms with Crippen molar-refractivity contribution in [1.82, 2.24) is 4.98 Å². The second kappa shape index (κ2) is 4.86. The van der Waals surface area contributed by atoms with E-state index in [4.69, 9.17) is 4.74 Å². The van der Waals surface area contributed by atoms with Crippen molar-refractivity contribution in [2.24, 2.45) is 5.92 Å². The van der Waals surface area contributed by atoms with E-state index in [1.807, 2.05) is 13.8 Å². The van der Waals surface area contributed by atoms with Crippen LogP contribution < -0.4 is 4.74 Å². The highest BCUT2D eigenvalue weighted by molar-refractivity contribution is 5.81. The van der Waals surface area contributed by atoms with Crippen LogP contribution in [0.1, 0.15) is 36.1 Å². The second-order valence-electron chi connectivity index (χ2n) is 4.91. The summed E-state index contributed by atoms with van der Waals surface area (Å²) in [6.07, 6.45) is 5.38. The number of hydrogen-bond donors (Lipinski definition) is 0. The fourth-order valence-corrected chi connectivity index (χ4v) is 2.15. The molecule has 0 amide bonds. The van der Waals surface area contributed by atoms with Crippen LogP contribution in [0.2, 0.25) is 0 Å². The fraction of sp³-hybridized carbons (Fsp3) is 0.571. The molecule has 1 aliphatic carbocycles. The Balaban J connectivity index is 2.11. The molecule has 0 bridgehead atoms. The number of aryl methyl sites for hydroxylation is 1. The average Bonchev–Trinajstić information content (AvgIpc) is 3.07. The number of carbonyl (C=O) groups is 1. The number of hydrogen-bond acceptors (Lipinski definition) is 3. The Hall–Kier alpha value is -1.38. The van der Waals surface area contributed by atoms with Gasteiger partial charge in [-0.05, 0) is 32.6 Å². The van der Waals surface area contributed by atoms with Gasteiger partial charge in [0.15, 0.2) is 0 Å². The highest BCUT2D eigenvalue weighted by Crippen LogP contribution is 2.33. The van der Waals surface area contributed by atoms with Crippen molar-refractivity contribution < 1.29 is 9.53 Å². The van der Waals surface area contributed by atoms with Gasteiger partial charge in [-0.15, -0.1) is 0 Å². The lowest BCUT2D eigenvalue weighted by molar-refractivity contribution is -0.118. The zero-order chi connectivity index (χ0) is 12.4. The highest BCUT2D eigenvalue weighted by Gasteiger charge is 2.25. The smallest absolute Gasteiger partial charge is 0.139 e. The lowest BCUT2D eigenvalue weighted by atomic mass is 10.0. The molecule has 17 heavy (non-hydrogen) atoms. The summed E-state index contributed by atoms with van der Waals surface area (Å²) in [6.45, 7) is 3.94. The van der Waals surface area contributed by atoms with E-state index >= 15 is 0 Å². The van der Waals surface area contributed by atoms with E-state index in [0.29, 0.717) is 18.1 Å². The number of ether oxygens (including phenoxy) is 1. The Morgan fingerprint density at radius 3 is 2.76 bits per heavy atom. The van der Waals surface area contributed by atoms with Gasteiger partial charge in [0.2, 0.25) is 0 Å². The summed E-state index contributed by atoms with van der Waals surface area (Å²) in [5, 5.41) is 0. The van der Waals surface area contributed by atoms with Crippen molar-refractivity contribution in [2.75, 3.05) is 7.11 Å². The molecule has 1 aromatic heterocycles. The van der Waals surface area contributed by atoms with E-state index in [9.17, 15) is 4.79 Å². The maximum Gasteiger partial charge on any atom is 0.139 e. The summed E-state index contributed by atoms with van der Waals surface area (Å²) in [5.74, 6) is 1.80. The number of Topliss-reactive ketones (excluding diaryl/α,β-unsaturated/α-hetero) is 1. The predicted octanol–water partition coefficient (Wildman–Crippen LogP) is 2.62. The molecule has 0 unspecified atom stereocenters. The summed E-state index contributed by atoms with van der Waals surface area (Å²) in [7, 11) is 1.66. The lowest BCUT2D eigenvalue weighted by Gasteiger charge is -2.11. The molecular formula is C14H19NO2. The molecule has 1 fully saturated rings. The molecular weight excluding hydrogens is 214 g/mol. The molecule has 0 N–H and O–H groups in total. The second-order valence-corrected chi connectivity index (χ2v) is 4.91. The first-order valence-electron chi connectivity index (χ1n) is 6.12. The van der Waals surface area contributed by atoms with Gasteiger partial charge in [0, 0.05) is 30.2 Å². The van der Waals surface area contributed by atoms with Crippen LogP contribution in [0, 0.1) is 19.8 Å². The van der Waals surface area contributed by atoms with E-state index in [2.05, 4.69) is 4.98 Å². The van der Waals surface area contributed by atoms with Gasteiger partial charge in [0.25, 0.3) is 0 Å². The minimum absolute atomic E-state index is 0.300. The maximum atomic E-state index is 11.8. The monoisotopic (exact) mass is 233 g/mol. The zero-order valence-electron chi connectivity index (χ0n) is 10.7. The quantitative estimate of drug-likeness (QED) is 0.784. The Morgan fingerprint density at radius 1 is 1.47 bits per heavy atom. The standard InChI is InChI=1S/C14H19NO2/c1-9-8-15-13(10(2)14(9)17-3)7-12(16)6-11-4-5-11/h8,11H,4-7H2,1-3H3. The molecule has 1 heterocycles. The number of ketones is 1. The van der Waals surface area contributed by atoms with Gasteiger partial charge in [-0.3, -0.25) is 9.78 Å². The molecule has 3 nitrogen and oxygen atoms in total. The molecule has 1 saturated carbocycles. The van der Waals surface area contributed by atoms with Gasteiger partial charge in [0.05, 0.1) is 12.8 Å². The maximum absolute atomic E-state index is 11.8. The molecule has 0 aromatic carbocycles. The molecule has 1 aliphatic rings. The Bertz CT molecular complexity index is 436. The molecule has 0 atom stereocenters. The normalized spacial score (nSPS) is 14.8. The van der Waals surface area contributed by atoms with Gasteiger partial charge in [-0.1, -0.05) is 0 Å². The Morgan fingerprint density at radius 2 is 2.18 bits per heavy atom. The SMILES string of the molecule is COc1c(C)cnc(CC(=O)CC2CC2)c1C. The van der Waals surface area contributed by atoms with Gasteiger partial charge < -0.3 is 4.74 Å². The van der Waals surface area contributed by atoms with E-state index in [1.54, 1.807) is 13.3 Å². The van der Waals surface area contributed by atoms with Crippen molar-refractivity contribution in [3.05, 3.63) is 23.0 Å². The van der Waals surface area contributed by atoms with E-state index in [-0.39, 0.29) is 0 Å². The van der Waals surface area contributed by atoms with Crippen molar-refractivity contribution in [2.45, 2.75) is 39.5 Å². The molecule has 2 rings (SSSR count). The topological polar surface area (TPSA) is 39.2 Å². The van der Waals surface area contributed by atoms with Crippen LogP contribution in [0.15, 0.2) is 6.20 Å². The summed E-state index contributed by atoms with van der Waals surface area (Å²) in [5.41, 5.74) is 2.87. The molecule has 1 aromatic rings. The summed E-state index contributed by atoms with van der Waals surface area (Å²) >= 11 is 0. The van der Waals surface area contributed by atoms with Crippen molar-refractivity contribution in [3.8, 4) is 5.75 Å². The van der Waals surface area contributed by atoms with E-state index in [0.717, 1.165) is 29.0 Å². The van der Waals surface area contributed by atoms with Gasteiger partial charge in [-0.25, -0.2) is 0 Å².